The molecule has 5 rings (SSSR count). The van der Waals surface area contributed by atoms with E-state index < -0.39 is 0 Å². The van der Waals surface area contributed by atoms with E-state index in [-0.39, 0.29) is 0 Å². The molecule has 5 saturated carbocycles. The Morgan fingerprint density at radius 2 is 1.00 bits per heavy atom. The number of fused-ring (bicyclic) bond motifs is 4. The van der Waals surface area contributed by atoms with Gasteiger partial charge in [-0.25, -0.2) is 0 Å². The fourth-order valence-corrected chi connectivity index (χ4v) is 4.17. The highest BCUT2D eigenvalue weighted by molar-refractivity contribution is 5.09. The minimum Gasteiger partial charge on any atom is -0.0522 e. The van der Waals surface area contributed by atoms with Gasteiger partial charge < -0.3 is 0 Å². The van der Waals surface area contributed by atoms with Gasteiger partial charge in [0.1, 0.15) is 0 Å². The lowest BCUT2D eigenvalue weighted by atomic mass is 9.40. The molecule has 0 N–H and O–H groups in total. The van der Waals surface area contributed by atoms with Crippen LogP contribution >= 0.6 is 0 Å². The predicted molar refractivity (Wildman–Crippen MR) is 41.8 cm³/mol. The summed E-state index contributed by atoms with van der Waals surface area (Å²) in [4.78, 5) is 0. The second-order valence-electron chi connectivity index (χ2n) is 5.06. The molecule has 0 aliphatic heterocycles. The quantitative estimate of drug-likeness (QED) is 0.480. The van der Waals surface area contributed by atoms with E-state index in [1.54, 1.807) is 51.4 Å². The maximum absolute atomic E-state index is 1.62. The molecule has 0 aromatic carbocycles. The highest BCUT2D eigenvalue weighted by Gasteiger charge is 2.58. The van der Waals surface area contributed by atoms with Gasteiger partial charge in [-0.3, -0.25) is 0 Å². The highest BCUT2D eigenvalue weighted by Crippen LogP contribution is 2.70. The standard InChI is InChI=1S/C10H16/c1-3-9-5-2-6-10(4-1,7-9)8-9/h1-8H2. The molecular formula is C10H16. The first-order valence-corrected chi connectivity index (χ1v) is 4.83. The second-order valence-corrected chi connectivity index (χ2v) is 5.06. The van der Waals surface area contributed by atoms with E-state index in [0.29, 0.717) is 0 Å². The highest BCUT2D eigenvalue weighted by atomic mass is 14.6. The van der Waals surface area contributed by atoms with Gasteiger partial charge in [0, 0.05) is 0 Å². The van der Waals surface area contributed by atoms with E-state index in [0.717, 1.165) is 10.8 Å². The van der Waals surface area contributed by atoms with Crippen LogP contribution in [0.25, 0.3) is 0 Å². The molecule has 5 aliphatic carbocycles. The molecule has 0 heterocycles. The molecule has 0 heteroatoms. The minimum absolute atomic E-state index is 0.913. The summed E-state index contributed by atoms with van der Waals surface area (Å²) in [5.41, 5.74) is 1.83. The van der Waals surface area contributed by atoms with Crippen molar-refractivity contribution in [3.63, 3.8) is 0 Å². The zero-order valence-electron chi connectivity index (χ0n) is 6.66. The Balaban J connectivity index is 1.95. The van der Waals surface area contributed by atoms with Crippen molar-refractivity contribution >= 4 is 0 Å². The molecule has 2 bridgehead atoms. The largest absolute Gasteiger partial charge is 0.0522 e. The van der Waals surface area contributed by atoms with Crippen LogP contribution in [0.1, 0.15) is 51.4 Å². The average molecular weight is 136 g/mol. The van der Waals surface area contributed by atoms with Gasteiger partial charge in [0.15, 0.2) is 0 Å². The van der Waals surface area contributed by atoms with Crippen LogP contribution in [0.3, 0.4) is 0 Å². The van der Waals surface area contributed by atoms with E-state index in [1.165, 1.54) is 0 Å². The molecule has 0 aromatic heterocycles. The number of hydrogen-bond acceptors (Lipinski definition) is 0. The van der Waals surface area contributed by atoms with Crippen molar-refractivity contribution in [3.8, 4) is 0 Å². The monoisotopic (exact) mass is 136 g/mol. The van der Waals surface area contributed by atoms with Crippen molar-refractivity contribution < 1.29 is 0 Å². The molecule has 0 radical (unpaired) electrons. The summed E-state index contributed by atoms with van der Waals surface area (Å²) in [6.45, 7) is 0. The maximum Gasteiger partial charge on any atom is -0.0287 e. The van der Waals surface area contributed by atoms with E-state index >= 15 is 0 Å². The topological polar surface area (TPSA) is 0 Å². The Morgan fingerprint density at radius 1 is 0.600 bits per heavy atom. The summed E-state index contributed by atoms with van der Waals surface area (Å²) in [6, 6.07) is 0. The second kappa shape index (κ2) is 1.44. The van der Waals surface area contributed by atoms with Crippen LogP contribution < -0.4 is 0 Å². The van der Waals surface area contributed by atoms with Crippen molar-refractivity contribution in [2.24, 2.45) is 10.8 Å². The van der Waals surface area contributed by atoms with Crippen LogP contribution in [-0.4, -0.2) is 0 Å². The molecule has 10 heavy (non-hydrogen) atoms. The Kier molecular flexibility index (Phi) is 0.810. The third-order valence-electron chi connectivity index (χ3n) is 4.33. The van der Waals surface area contributed by atoms with Crippen molar-refractivity contribution in [1.29, 1.82) is 0 Å². The van der Waals surface area contributed by atoms with E-state index in [4.69, 9.17) is 0 Å². The first-order chi connectivity index (χ1) is 4.83. The summed E-state index contributed by atoms with van der Waals surface area (Å²) in [5, 5.41) is 0. The van der Waals surface area contributed by atoms with E-state index in [9.17, 15) is 0 Å². The van der Waals surface area contributed by atoms with Gasteiger partial charge in [0.2, 0.25) is 0 Å². The Hall–Kier alpha value is 0. The first kappa shape index (κ1) is 5.62. The lowest BCUT2D eigenvalue weighted by molar-refractivity contribution is -0.139. The normalized spacial score (nSPS) is 57.6. The molecule has 0 aromatic rings. The summed E-state index contributed by atoms with van der Waals surface area (Å²) in [7, 11) is 0. The van der Waals surface area contributed by atoms with Crippen LogP contribution in [0.4, 0.5) is 0 Å². The molecule has 0 spiro atoms. The number of hydrogen-bond donors (Lipinski definition) is 0. The van der Waals surface area contributed by atoms with E-state index in [2.05, 4.69) is 0 Å². The lowest BCUT2D eigenvalue weighted by Gasteiger charge is -2.65. The van der Waals surface area contributed by atoms with Gasteiger partial charge in [-0.2, -0.15) is 0 Å². The van der Waals surface area contributed by atoms with Crippen molar-refractivity contribution in [1.82, 2.24) is 0 Å². The third-order valence-corrected chi connectivity index (χ3v) is 4.33. The minimum atomic E-state index is 0.913. The summed E-state index contributed by atoms with van der Waals surface area (Å²) < 4.78 is 0. The molecule has 56 valence electrons. The van der Waals surface area contributed by atoms with Crippen LogP contribution in [0, 0.1) is 10.8 Å². The molecule has 5 fully saturated rings. The zero-order chi connectivity index (χ0) is 6.66. The van der Waals surface area contributed by atoms with Crippen LogP contribution in [0.2, 0.25) is 0 Å². The fraction of sp³-hybridized carbons (Fsp3) is 1.00. The van der Waals surface area contributed by atoms with Crippen LogP contribution in [0.15, 0.2) is 0 Å². The SMILES string of the molecule is C1CC23CCCC(C1)(C2)C3. The van der Waals surface area contributed by atoms with Crippen LogP contribution in [-0.2, 0) is 0 Å². The zero-order valence-corrected chi connectivity index (χ0v) is 6.66. The summed E-state index contributed by atoms with van der Waals surface area (Å²) >= 11 is 0. The smallest absolute Gasteiger partial charge is 0.0287 e. The van der Waals surface area contributed by atoms with Crippen LogP contribution in [0.5, 0.6) is 0 Å². The van der Waals surface area contributed by atoms with Gasteiger partial charge >= 0.3 is 0 Å². The first-order valence-electron chi connectivity index (χ1n) is 4.83. The molecule has 5 aliphatic rings. The third kappa shape index (κ3) is 0.500. The Labute approximate surface area is 63.0 Å². The Morgan fingerprint density at radius 3 is 1.30 bits per heavy atom. The average Bonchev–Trinajstić information content (AvgIpc) is 1.85. The Bertz CT molecular complexity index is 133. The van der Waals surface area contributed by atoms with E-state index in [1.807, 2.05) is 0 Å². The molecule has 0 amide bonds. The predicted octanol–water partition coefficient (Wildman–Crippen LogP) is 3.12. The van der Waals surface area contributed by atoms with Gasteiger partial charge in [0.25, 0.3) is 0 Å². The molecule has 0 unspecified atom stereocenters. The number of rotatable bonds is 0. The summed E-state index contributed by atoms with van der Waals surface area (Å²) in [5.74, 6) is 0. The molecule has 0 nitrogen and oxygen atoms in total. The van der Waals surface area contributed by atoms with Gasteiger partial charge in [-0.1, -0.05) is 12.8 Å². The summed E-state index contributed by atoms with van der Waals surface area (Å²) in [6.07, 6.45) is 12.7. The van der Waals surface area contributed by atoms with Crippen molar-refractivity contribution in [3.05, 3.63) is 0 Å². The van der Waals surface area contributed by atoms with Gasteiger partial charge in [-0.15, -0.1) is 0 Å². The van der Waals surface area contributed by atoms with Gasteiger partial charge in [0.05, 0.1) is 0 Å². The fourth-order valence-electron chi connectivity index (χ4n) is 4.17. The molecule has 0 atom stereocenters. The van der Waals surface area contributed by atoms with Crippen molar-refractivity contribution in [2.45, 2.75) is 51.4 Å². The molecule has 0 saturated heterocycles. The molecular weight excluding hydrogens is 120 g/mol. The van der Waals surface area contributed by atoms with Crippen molar-refractivity contribution in [2.75, 3.05) is 0 Å². The van der Waals surface area contributed by atoms with Gasteiger partial charge in [-0.05, 0) is 49.4 Å². The lowest BCUT2D eigenvalue weighted by Crippen LogP contribution is -2.53. The maximum atomic E-state index is 1.62.